The first-order valence-electron chi connectivity index (χ1n) is 7.80. The van der Waals surface area contributed by atoms with E-state index in [-0.39, 0.29) is 0 Å². The van der Waals surface area contributed by atoms with Gasteiger partial charge < -0.3 is 4.98 Å². The fraction of sp³-hybridized carbons (Fsp3) is 0.0500. The van der Waals surface area contributed by atoms with Crippen LogP contribution in [0.25, 0.3) is 22.4 Å². The van der Waals surface area contributed by atoms with Gasteiger partial charge in [0.1, 0.15) is 5.82 Å². The summed E-state index contributed by atoms with van der Waals surface area (Å²) in [6, 6.07) is 18.0. The fourth-order valence-electron chi connectivity index (χ4n) is 2.68. The molecule has 0 aliphatic rings. The topological polar surface area (TPSA) is 53.9 Å². The van der Waals surface area contributed by atoms with Crippen molar-refractivity contribution < 1.29 is 0 Å². The number of imidazole rings is 1. The second-order valence-electron chi connectivity index (χ2n) is 5.61. The molecule has 0 atom stereocenters. The number of aromatic nitrogens is 3. The molecule has 1 N–H and O–H groups in total. The number of aliphatic imine (C=N–C) groups is 1. The molecule has 0 saturated carbocycles. The van der Waals surface area contributed by atoms with E-state index < -0.39 is 0 Å². The number of aryl methyl sites for hydroxylation is 1. The van der Waals surface area contributed by atoms with Crippen LogP contribution in [-0.2, 0) is 0 Å². The van der Waals surface area contributed by atoms with E-state index in [1.165, 1.54) is 0 Å². The van der Waals surface area contributed by atoms with Gasteiger partial charge in [-0.15, -0.1) is 0 Å². The molecule has 0 aliphatic heterocycles. The van der Waals surface area contributed by atoms with Crippen LogP contribution < -0.4 is 0 Å². The summed E-state index contributed by atoms with van der Waals surface area (Å²) in [6.45, 7) is 2.07. The Bertz CT molecular complexity index is 1020. The number of pyridine rings is 1. The molecule has 2 heterocycles. The minimum atomic E-state index is 0.835. The molecular formula is C20H16N4. The summed E-state index contributed by atoms with van der Waals surface area (Å²) >= 11 is 0. The number of nitrogens with one attached hydrogen (secondary N) is 1. The van der Waals surface area contributed by atoms with E-state index in [1.54, 1.807) is 12.4 Å². The maximum atomic E-state index is 4.76. The first-order valence-corrected chi connectivity index (χ1v) is 7.80. The van der Waals surface area contributed by atoms with Gasteiger partial charge in [0.05, 0.1) is 16.7 Å². The molecule has 0 amide bonds. The number of hydrogen-bond donors (Lipinski definition) is 1. The van der Waals surface area contributed by atoms with E-state index >= 15 is 0 Å². The number of H-pyrrole nitrogens is 1. The second kappa shape index (κ2) is 6.08. The van der Waals surface area contributed by atoms with Gasteiger partial charge in [0.25, 0.3) is 0 Å². The molecule has 0 bridgehead atoms. The molecule has 0 spiro atoms. The van der Waals surface area contributed by atoms with Crippen LogP contribution in [0.2, 0.25) is 0 Å². The molecule has 0 fully saturated rings. The van der Waals surface area contributed by atoms with Crippen molar-refractivity contribution in [2.45, 2.75) is 6.92 Å². The molecule has 4 aromatic rings. The van der Waals surface area contributed by atoms with Crippen LogP contribution in [0.3, 0.4) is 0 Å². The van der Waals surface area contributed by atoms with Gasteiger partial charge in [-0.05, 0) is 48.4 Å². The molecule has 0 aliphatic carbocycles. The fourth-order valence-corrected chi connectivity index (χ4v) is 2.68. The minimum absolute atomic E-state index is 0.835. The number of fused-ring (bicyclic) bond motifs is 1. The predicted octanol–water partition coefficient (Wildman–Crippen LogP) is 4.68. The largest absolute Gasteiger partial charge is 0.338 e. The van der Waals surface area contributed by atoms with Crippen molar-refractivity contribution in [3.05, 3.63) is 78.1 Å². The highest BCUT2D eigenvalue weighted by Gasteiger charge is 2.10. The number of aromatic amines is 1. The molecule has 0 radical (unpaired) electrons. The number of benzene rings is 2. The Kier molecular flexibility index (Phi) is 3.63. The molecule has 116 valence electrons. The van der Waals surface area contributed by atoms with E-state index in [9.17, 15) is 0 Å². The van der Waals surface area contributed by atoms with Gasteiger partial charge in [0, 0.05) is 24.2 Å². The third kappa shape index (κ3) is 2.70. The van der Waals surface area contributed by atoms with E-state index in [0.29, 0.717) is 0 Å². The summed E-state index contributed by atoms with van der Waals surface area (Å²) < 4.78 is 0. The molecule has 4 nitrogen and oxygen atoms in total. The Labute approximate surface area is 140 Å². The highest BCUT2D eigenvalue weighted by atomic mass is 14.9. The van der Waals surface area contributed by atoms with E-state index in [4.69, 9.17) is 4.98 Å². The first kappa shape index (κ1) is 14.3. The third-order valence-corrected chi connectivity index (χ3v) is 3.93. The van der Waals surface area contributed by atoms with Crippen LogP contribution >= 0.6 is 0 Å². The SMILES string of the molecule is Cc1cccc2[nH]c(-c3ccccc3N=Cc3ccncc3)nc12. The zero-order chi connectivity index (χ0) is 16.4. The first-order chi connectivity index (χ1) is 11.8. The Morgan fingerprint density at radius 1 is 0.958 bits per heavy atom. The van der Waals surface area contributed by atoms with Crippen LogP contribution in [0.15, 0.2) is 72.0 Å². The summed E-state index contributed by atoms with van der Waals surface area (Å²) in [5, 5.41) is 0. The Hall–Kier alpha value is -3.27. The smallest absolute Gasteiger partial charge is 0.140 e. The molecule has 4 rings (SSSR count). The molecule has 0 saturated heterocycles. The Morgan fingerprint density at radius 2 is 1.79 bits per heavy atom. The number of nitrogens with zero attached hydrogens (tertiary/aromatic N) is 3. The predicted molar refractivity (Wildman–Crippen MR) is 97.8 cm³/mol. The van der Waals surface area contributed by atoms with Crippen molar-refractivity contribution in [3.8, 4) is 11.4 Å². The summed E-state index contributed by atoms with van der Waals surface area (Å²) in [4.78, 5) is 16.8. The van der Waals surface area contributed by atoms with Crippen LogP contribution in [0, 0.1) is 6.92 Å². The summed E-state index contributed by atoms with van der Waals surface area (Å²) in [7, 11) is 0. The van der Waals surface area contributed by atoms with Crippen molar-refractivity contribution in [1.29, 1.82) is 0 Å². The van der Waals surface area contributed by atoms with Crippen molar-refractivity contribution in [2.24, 2.45) is 4.99 Å². The quantitative estimate of drug-likeness (QED) is 0.558. The molecular weight excluding hydrogens is 296 g/mol. The summed E-state index contributed by atoms with van der Waals surface area (Å²) in [5.41, 5.74) is 6.08. The van der Waals surface area contributed by atoms with Gasteiger partial charge in [-0.2, -0.15) is 0 Å². The molecule has 2 aromatic carbocycles. The minimum Gasteiger partial charge on any atom is -0.338 e. The lowest BCUT2D eigenvalue weighted by Crippen LogP contribution is -1.84. The molecule has 0 unspecified atom stereocenters. The van der Waals surface area contributed by atoms with Gasteiger partial charge in [0.15, 0.2) is 0 Å². The highest BCUT2D eigenvalue weighted by Crippen LogP contribution is 2.30. The van der Waals surface area contributed by atoms with Crippen molar-refractivity contribution in [1.82, 2.24) is 15.0 Å². The summed E-state index contributed by atoms with van der Waals surface area (Å²) in [5.74, 6) is 0.835. The number of hydrogen-bond acceptors (Lipinski definition) is 3. The lowest BCUT2D eigenvalue weighted by molar-refractivity contribution is 1.31. The summed E-state index contributed by atoms with van der Waals surface area (Å²) in [6.07, 6.45) is 5.36. The van der Waals surface area contributed by atoms with E-state index in [0.717, 1.165) is 39.2 Å². The van der Waals surface area contributed by atoms with Crippen LogP contribution in [0.4, 0.5) is 5.69 Å². The van der Waals surface area contributed by atoms with Crippen LogP contribution in [0.1, 0.15) is 11.1 Å². The van der Waals surface area contributed by atoms with Crippen molar-refractivity contribution in [2.75, 3.05) is 0 Å². The second-order valence-corrected chi connectivity index (χ2v) is 5.61. The Morgan fingerprint density at radius 3 is 2.62 bits per heavy atom. The van der Waals surface area contributed by atoms with Gasteiger partial charge >= 0.3 is 0 Å². The maximum Gasteiger partial charge on any atom is 0.140 e. The third-order valence-electron chi connectivity index (χ3n) is 3.93. The monoisotopic (exact) mass is 312 g/mol. The van der Waals surface area contributed by atoms with E-state index in [1.807, 2.05) is 54.7 Å². The van der Waals surface area contributed by atoms with Gasteiger partial charge in [-0.3, -0.25) is 9.98 Å². The van der Waals surface area contributed by atoms with Crippen molar-refractivity contribution in [3.63, 3.8) is 0 Å². The zero-order valence-electron chi connectivity index (χ0n) is 13.3. The van der Waals surface area contributed by atoms with Crippen LogP contribution in [0.5, 0.6) is 0 Å². The molecule has 4 heteroatoms. The molecule has 24 heavy (non-hydrogen) atoms. The average Bonchev–Trinajstić information content (AvgIpc) is 3.07. The Balaban J connectivity index is 1.78. The lowest BCUT2D eigenvalue weighted by atomic mass is 10.1. The van der Waals surface area contributed by atoms with Crippen LogP contribution in [-0.4, -0.2) is 21.2 Å². The van der Waals surface area contributed by atoms with E-state index in [2.05, 4.69) is 28.0 Å². The number of rotatable bonds is 3. The van der Waals surface area contributed by atoms with Gasteiger partial charge in [0.2, 0.25) is 0 Å². The maximum absolute atomic E-state index is 4.76. The van der Waals surface area contributed by atoms with Crippen molar-refractivity contribution >= 4 is 22.9 Å². The van der Waals surface area contributed by atoms with Gasteiger partial charge in [-0.25, -0.2) is 4.98 Å². The molecule has 2 aromatic heterocycles. The normalized spacial score (nSPS) is 11.4. The zero-order valence-corrected chi connectivity index (χ0v) is 13.3. The van der Waals surface area contributed by atoms with Gasteiger partial charge in [-0.1, -0.05) is 24.3 Å². The standard InChI is InChI=1S/C20H16N4/c1-14-5-4-8-18-19(14)24-20(23-18)16-6-2-3-7-17(16)22-13-15-9-11-21-12-10-15/h2-13H,1H3,(H,23,24). The average molecular weight is 312 g/mol. The highest BCUT2D eigenvalue weighted by molar-refractivity contribution is 5.87. The lowest BCUT2D eigenvalue weighted by Gasteiger charge is -2.02. The number of para-hydroxylation sites is 2.